The van der Waals surface area contributed by atoms with Gasteiger partial charge < -0.3 is 24.6 Å². The zero-order valence-corrected chi connectivity index (χ0v) is 14.7. The maximum Gasteiger partial charge on any atom is 0.431 e. The molecule has 27 heavy (non-hydrogen) atoms. The highest BCUT2D eigenvalue weighted by atomic mass is 19.4. The predicted octanol–water partition coefficient (Wildman–Crippen LogP) is 1.42. The number of aromatic amines is 1. The highest BCUT2D eigenvalue weighted by Gasteiger charge is 2.39. The first-order valence-corrected chi connectivity index (χ1v) is 8.27. The maximum absolute atomic E-state index is 11.8. The number of aliphatic hydroxyl groups is 2. The third kappa shape index (κ3) is 5.30. The number of hydrogen-bond donors (Lipinski definition) is 3. The molecule has 1 aliphatic rings. The lowest BCUT2D eigenvalue weighted by Crippen LogP contribution is -2.57. The third-order valence-electron chi connectivity index (χ3n) is 4.13. The van der Waals surface area contributed by atoms with Gasteiger partial charge in [-0.1, -0.05) is 19.9 Å². The van der Waals surface area contributed by atoms with Gasteiger partial charge in [0.05, 0.1) is 12.1 Å². The molecular formula is C16H21F3N4O4. The smallest absolute Gasteiger partial charge is 0.390 e. The second kappa shape index (κ2) is 8.53. The molecule has 3 N–H and O–H groups in total. The molecule has 0 amide bonds. The molecule has 1 fully saturated rings. The van der Waals surface area contributed by atoms with E-state index in [1.54, 1.807) is 4.98 Å². The summed E-state index contributed by atoms with van der Waals surface area (Å²) in [6, 6.07) is 2.71. The normalized spacial score (nSPS) is 23.1. The maximum atomic E-state index is 11.8. The van der Waals surface area contributed by atoms with E-state index in [0.29, 0.717) is 18.9 Å². The number of H-pyrrole nitrogens is 1. The molecule has 2 aromatic rings. The predicted molar refractivity (Wildman–Crippen MR) is 89.0 cm³/mol. The van der Waals surface area contributed by atoms with E-state index in [9.17, 15) is 28.2 Å². The molecule has 11 heteroatoms. The Balaban J connectivity index is 0.000000208. The van der Waals surface area contributed by atoms with Crippen molar-refractivity contribution in [3.05, 3.63) is 40.6 Å². The van der Waals surface area contributed by atoms with Gasteiger partial charge >= 0.3 is 6.18 Å². The van der Waals surface area contributed by atoms with Crippen molar-refractivity contribution in [2.75, 3.05) is 11.4 Å². The summed E-state index contributed by atoms with van der Waals surface area (Å²) in [6.45, 7) is 4.62. The molecule has 0 spiro atoms. The highest BCUT2D eigenvalue weighted by Crippen LogP contribution is 2.27. The van der Waals surface area contributed by atoms with Crippen molar-refractivity contribution in [2.24, 2.45) is 5.92 Å². The van der Waals surface area contributed by atoms with E-state index in [1.165, 1.54) is 6.39 Å². The number of alkyl halides is 3. The van der Waals surface area contributed by atoms with Crippen molar-refractivity contribution in [1.29, 1.82) is 0 Å². The standard InChI is InChI=1S/C10H17N3O3.C6H4F3NO/c1-6(2)8-9(15)7(14)3-4-13(8)10-11-5-16-12-10;7-6(8,9)4-2-1-3-5(11)10-4/h5-9,14-15H,3-4H2,1-2H3;1-3H,(H,10,11). The average Bonchev–Trinajstić information content (AvgIpc) is 3.11. The molecule has 8 nitrogen and oxygen atoms in total. The molecule has 0 saturated carbocycles. The van der Waals surface area contributed by atoms with Crippen LogP contribution in [0.3, 0.4) is 0 Å². The number of nitrogens with one attached hydrogen (secondary N) is 1. The van der Waals surface area contributed by atoms with E-state index in [2.05, 4.69) is 10.1 Å². The Morgan fingerprint density at radius 2 is 2.04 bits per heavy atom. The van der Waals surface area contributed by atoms with Crippen LogP contribution in [0.4, 0.5) is 19.1 Å². The Morgan fingerprint density at radius 1 is 1.33 bits per heavy atom. The zero-order chi connectivity index (χ0) is 20.2. The lowest BCUT2D eigenvalue weighted by atomic mass is 9.88. The Bertz CT molecular complexity index is 764. The van der Waals surface area contributed by atoms with Crippen molar-refractivity contribution in [1.82, 2.24) is 15.1 Å². The first kappa shape index (κ1) is 20.9. The van der Waals surface area contributed by atoms with Crippen LogP contribution in [0.15, 0.2) is 33.9 Å². The SMILES string of the molecule is CC(C)C1C(O)C(O)CCN1c1ncon1.O=c1cccc(C(F)(F)F)[nH]1. The number of pyridine rings is 1. The van der Waals surface area contributed by atoms with Gasteiger partial charge in [-0.15, -0.1) is 0 Å². The van der Waals surface area contributed by atoms with E-state index in [1.807, 2.05) is 18.7 Å². The van der Waals surface area contributed by atoms with Crippen molar-refractivity contribution in [2.45, 2.75) is 44.7 Å². The number of halogens is 3. The molecule has 0 aliphatic carbocycles. The number of rotatable bonds is 2. The fourth-order valence-corrected chi connectivity index (χ4v) is 2.90. The van der Waals surface area contributed by atoms with Gasteiger partial charge in [-0.3, -0.25) is 4.79 Å². The Hall–Kier alpha value is -2.40. The van der Waals surface area contributed by atoms with Gasteiger partial charge in [0.1, 0.15) is 11.8 Å². The minimum Gasteiger partial charge on any atom is -0.390 e. The first-order chi connectivity index (χ1) is 12.6. The molecule has 2 aromatic heterocycles. The number of anilines is 1. The van der Waals surface area contributed by atoms with Crippen molar-refractivity contribution < 1.29 is 27.9 Å². The van der Waals surface area contributed by atoms with Crippen LogP contribution in [0, 0.1) is 5.92 Å². The summed E-state index contributed by atoms with van der Waals surface area (Å²) in [5.41, 5.74) is -1.77. The molecule has 0 bridgehead atoms. The van der Waals surface area contributed by atoms with Crippen LogP contribution in [-0.4, -0.2) is 50.1 Å². The third-order valence-corrected chi connectivity index (χ3v) is 4.13. The topological polar surface area (TPSA) is 115 Å². The van der Waals surface area contributed by atoms with Gasteiger partial charge in [0, 0.05) is 12.6 Å². The number of nitrogens with zero attached hydrogens (tertiary/aromatic N) is 3. The van der Waals surface area contributed by atoms with Crippen LogP contribution in [0.25, 0.3) is 0 Å². The molecule has 0 aromatic carbocycles. The van der Waals surface area contributed by atoms with Crippen LogP contribution in [0.5, 0.6) is 0 Å². The number of aliphatic hydroxyl groups excluding tert-OH is 2. The summed E-state index contributed by atoms with van der Waals surface area (Å²) in [7, 11) is 0. The average molecular weight is 390 g/mol. The molecule has 3 unspecified atom stereocenters. The fraction of sp³-hybridized carbons (Fsp3) is 0.562. The first-order valence-electron chi connectivity index (χ1n) is 8.27. The molecule has 3 atom stereocenters. The largest absolute Gasteiger partial charge is 0.431 e. The highest BCUT2D eigenvalue weighted by molar-refractivity contribution is 5.31. The van der Waals surface area contributed by atoms with E-state index >= 15 is 0 Å². The van der Waals surface area contributed by atoms with Gasteiger partial charge in [-0.05, 0) is 23.6 Å². The van der Waals surface area contributed by atoms with E-state index in [-0.39, 0.29) is 12.0 Å². The molecule has 150 valence electrons. The Kier molecular flexibility index (Phi) is 6.60. The van der Waals surface area contributed by atoms with Gasteiger partial charge in [-0.25, -0.2) is 0 Å². The second-order valence-electron chi connectivity index (χ2n) is 6.43. The van der Waals surface area contributed by atoms with Gasteiger partial charge in [0.15, 0.2) is 0 Å². The molecule has 0 radical (unpaired) electrons. The minimum absolute atomic E-state index is 0.179. The number of piperidine rings is 1. The summed E-state index contributed by atoms with van der Waals surface area (Å²) in [6.07, 6.45) is -4.13. The van der Waals surface area contributed by atoms with Gasteiger partial charge in [0.2, 0.25) is 12.0 Å². The second-order valence-corrected chi connectivity index (χ2v) is 6.43. The van der Waals surface area contributed by atoms with Gasteiger partial charge in [0.25, 0.3) is 5.95 Å². The lowest BCUT2D eigenvalue weighted by molar-refractivity contribution is -0.141. The lowest BCUT2D eigenvalue weighted by Gasteiger charge is -2.42. The van der Waals surface area contributed by atoms with Crippen molar-refractivity contribution in [3.63, 3.8) is 0 Å². The summed E-state index contributed by atoms with van der Waals surface area (Å²) in [4.78, 5) is 17.9. The van der Waals surface area contributed by atoms with Crippen LogP contribution >= 0.6 is 0 Å². The summed E-state index contributed by atoms with van der Waals surface area (Å²) in [5.74, 6) is 0.674. The fourth-order valence-electron chi connectivity index (χ4n) is 2.90. The van der Waals surface area contributed by atoms with Crippen LogP contribution in [-0.2, 0) is 6.18 Å². The quantitative estimate of drug-likeness (QED) is 0.710. The number of hydrogen-bond acceptors (Lipinski definition) is 7. The van der Waals surface area contributed by atoms with E-state index < -0.39 is 29.6 Å². The van der Waals surface area contributed by atoms with E-state index in [0.717, 1.165) is 18.2 Å². The Labute approximate surface area is 152 Å². The zero-order valence-electron chi connectivity index (χ0n) is 14.7. The monoisotopic (exact) mass is 390 g/mol. The number of aromatic nitrogens is 3. The Morgan fingerprint density at radius 3 is 2.52 bits per heavy atom. The summed E-state index contributed by atoms with van der Waals surface area (Å²) < 4.78 is 40.1. The van der Waals surface area contributed by atoms with Crippen molar-refractivity contribution in [3.8, 4) is 0 Å². The summed E-state index contributed by atoms with van der Waals surface area (Å²) in [5, 5.41) is 23.4. The molecule has 1 aliphatic heterocycles. The van der Waals surface area contributed by atoms with Crippen LogP contribution < -0.4 is 10.5 Å². The van der Waals surface area contributed by atoms with Gasteiger partial charge in [-0.2, -0.15) is 18.2 Å². The molecule has 1 saturated heterocycles. The molecular weight excluding hydrogens is 369 g/mol. The molecule has 3 rings (SSSR count). The minimum atomic E-state index is -4.47. The van der Waals surface area contributed by atoms with Crippen LogP contribution in [0.1, 0.15) is 26.0 Å². The van der Waals surface area contributed by atoms with E-state index in [4.69, 9.17) is 4.52 Å². The molecule has 3 heterocycles. The van der Waals surface area contributed by atoms with Crippen LogP contribution in [0.2, 0.25) is 0 Å². The van der Waals surface area contributed by atoms with Crippen molar-refractivity contribution >= 4 is 5.95 Å². The summed E-state index contributed by atoms with van der Waals surface area (Å²) >= 11 is 0.